The van der Waals surface area contributed by atoms with Crippen LogP contribution in [0.25, 0.3) is 0 Å². The first-order valence-corrected chi connectivity index (χ1v) is 7.36. The number of thiophene rings is 1. The molecule has 1 atom stereocenters. The molecule has 0 aromatic carbocycles. The molecular formula is C12H15BrN2O2S. The van der Waals surface area contributed by atoms with Crippen LogP contribution >= 0.6 is 27.3 Å². The maximum absolute atomic E-state index is 10.5. The largest absolute Gasteiger partial charge is 0.493 e. The SMILES string of the molecule is CCCn1ncc(OC)c1C(O)c1cc(Br)cs1. The molecule has 1 N–H and O–H groups in total. The molecule has 2 rings (SSSR count). The summed E-state index contributed by atoms with van der Waals surface area (Å²) in [6, 6.07) is 1.91. The van der Waals surface area contributed by atoms with Crippen molar-refractivity contribution in [2.45, 2.75) is 26.0 Å². The molecular weight excluding hydrogens is 316 g/mol. The normalized spacial score (nSPS) is 12.7. The molecule has 4 nitrogen and oxygen atoms in total. The fraction of sp³-hybridized carbons (Fsp3) is 0.417. The van der Waals surface area contributed by atoms with Gasteiger partial charge in [-0.1, -0.05) is 6.92 Å². The number of aryl methyl sites for hydroxylation is 1. The number of hydrogen-bond donors (Lipinski definition) is 1. The molecule has 0 saturated carbocycles. The zero-order valence-electron chi connectivity index (χ0n) is 10.3. The zero-order chi connectivity index (χ0) is 13.1. The van der Waals surface area contributed by atoms with E-state index in [1.807, 2.05) is 11.4 Å². The van der Waals surface area contributed by atoms with Crippen molar-refractivity contribution < 1.29 is 9.84 Å². The van der Waals surface area contributed by atoms with Crippen molar-refractivity contribution in [3.05, 3.63) is 32.7 Å². The van der Waals surface area contributed by atoms with Gasteiger partial charge in [0.15, 0.2) is 5.75 Å². The Kier molecular flexibility index (Phi) is 4.42. The Balaban J connectivity index is 2.38. The average molecular weight is 331 g/mol. The standard InChI is InChI=1S/C12H15BrN2O2S/c1-3-4-15-11(9(17-2)6-14-15)12(16)10-5-8(13)7-18-10/h5-7,12,16H,3-4H2,1-2H3. The summed E-state index contributed by atoms with van der Waals surface area (Å²) in [6.07, 6.45) is 1.90. The summed E-state index contributed by atoms with van der Waals surface area (Å²) in [5.41, 5.74) is 0.716. The minimum absolute atomic E-state index is 0.625. The van der Waals surface area contributed by atoms with E-state index in [1.165, 1.54) is 11.3 Å². The molecule has 0 bridgehead atoms. The number of methoxy groups -OCH3 is 1. The van der Waals surface area contributed by atoms with Crippen molar-refractivity contribution in [2.75, 3.05) is 7.11 Å². The molecule has 0 aliphatic rings. The number of aromatic nitrogens is 2. The van der Waals surface area contributed by atoms with Crippen LogP contribution in [0.3, 0.4) is 0 Å². The van der Waals surface area contributed by atoms with E-state index < -0.39 is 6.10 Å². The third kappa shape index (κ3) is 2.60. The van der Waals surface area contributed by atoms with Gasteiger partial charge < -0.3 is 9.84 Å². The smallest absolute Gasteiger partial charge is 0.163 e. The number of aliphatic hydroxyl groups excluding tert-OH is 1. The van der Waals surface area contributed by atoms with Crippen LogP contribution in [0.15, 0.2) is 22.1 Å². The van der Waals surface area contributed by atoms with Gasteiger partial charge >= 0.3 is 0 Å². The molecule has 18 heavy (non-hydrogen) atoms. The van der Waals surface area contributed by atoms with Crippen LogP contribution in [0.5, 0.6) is 5.75 Å². The van der Waals surface area contributed by atoms with Crippen molar-refractivity contribution in [3.63, 3.8) is 0 Å². The van der Waals surface area contributed by atoms with Gasteiger partial charge in [0.2, 0.25) is 0 Å². The molecule has 0 fully saturated rings. The molecule has 0 aliphatic carbocycles. The summed E-state index contributed by atoms with van der Waals surface area (Å²) in [5.74, 6) is 0.625. The highest BCUT2D eigenvalue weighted by molar-refractivity contribution is 9.10. The minimum Gasteiger partial charge on any atom is -0.493 e. The fourth-order valence-electron chi connectivity index (χ4n) is 1.81. The number of halogens is 1. The highest BCUT2D eigenvalue weighted by Gasteiger charge is 2.22. The molecule has 2 aromatic heterocycles. The predicted octanol–water partition coefficient (Wildman–Crippen LogP) is 3.21. The van der Waals surface area contributed by atoms with E-state index in [0.29, 0.717) is 11.4 Å². The quantitative estimate of drug-likeness (QED) is 0.915. The fourth-order valence-corrected chi connectivity index (χ4v) is 3.24. The lowest BCUT2D eigenvalue weighted by molar-refractivity contribution is 0.205. The zero-order valence-corrected chi connectivity index (χ0v) is 12.7. The van der Waals surface area contributed by atoms with Gasteiger partial charge in [-0.2, -0.15) is 5.10 Å². The van der Waals surface area contributed by atoms with Crippen molar-refractivity contribution in [3.8, 4) is 5.75 Å². The molecule has 1 unspecified atom stereocenters. The van der Waals surface area contributed by atoms with Crippen LogP contribution in [0.2, 0.25) is 0 Å². The summed E-state index contributed by atoms with van der Waals surface area (Å²) in [6.45, 7) is 2.84. The highest BCUT2D eigenvalue weighted by atomic mass is 79.9. The summed E-state index contributed by atoms with van der Waals surface area (Å²) in [4.78, 5) is 0.873. The van der Waals surface area contributed by atoms with Crippen molar-refractivity contribution in [1.82, 2.24) is 9.78 Å². The van der Waals surface area contributed by atoms with Crippen LogP contribution < -0.4 is 4.74 Å². The third-order valence-electron chi connectivity index (χ3n) is 2.62. The van der Waals surface area contributed by atoms with Gasteiger partial charge in [0.1, 0.15) is 11.8 Å². The van der Waals surface area contributed by atoms with Gasteiger partial charge in [-0.3, -0.25) is 4.68 Å². The van der Waals surface area contributed by atoms with Gasteiger partial charge in [0.05, 0.1) is 13.3 Å². The van der Waals surface area contributed by atoms with Crippen molar-refractivity contribution in [1.29, 1.82) is 0 Å². The second-order valence-corrected chi connectivity index (χ2v) is 5.75. The minimum atomic E-state index is -0.703. The van der Waals surface area contributed by atoms with Crippen LogP contribution in [0.1, 0.15) is 30.0 Å². The Bertz CT molecular complexity index is 524. The van der Waals surface area contributed by atoms with E-state index >= 15 is 0 Å². The molecule has 2 heterocycles. The maximum atomic E-state index is 10.5. The molecule has 6 heteroatoms. The number of rotatable bonds is 5. The Morgan fingerprint density at radius 1 is 1.61 bits per heavy atom. The van der Waals surface area contributed by atoms with E-state index in [0.717, 1.165) is 22.3 Å². The first-order valence-electron chi connectivity index (χ1n) is 5.69. The maximum Gasteiger partial charge on any atom is 0.163 e. The van der Waals surface area contributed by atoms with E-state index in [1.54, 1.807) is 18.0 Å². The Morgan fingerprint density at radius 2 is 2.39 bits per heavy atom. The van der Waals surface area contributed by atoms with Crippen LogP contribution in [0, 0.1) is 0 Å². The lowest BCUT2D eigenvalue weighted by Gasteiger charge is -2.13. The first kappa shape index (κ1) is 13.6. The molecule has 0 aliphatic heterocycles. The van der Waals surface area contributed by atoms with Crippen LogP contribution in [0.4, 0.5) is 0 Å². The van der Waals surface area contributed by atoms with E-state index in [9.17, 15) is 5.11 Å². The number of hydrogen-bond acceptors (Lipinski definition) is 4. The second kappa shape index (κ2) is 5.86. The first-order chi connectivity index (χ1) is 8.67. The molecule has 2 aromatic rings. The van der Waals surface area contributed by atoms with Gasteiger partial charge in [-0.15, -0.1) is 11.3 Å². The van der Waals surface area contributed by atoms with Crippen LogP contribution in [-0.4, -0.2) is 22.0 Å². The topological polar surface area (TPSA) is 47.3 Å². The molecule has 0 saturated heterocycles. The third-order valence-corrected chi connectivity index (χ3v) is 4.36. The average Bonchev–Trinajstić information content (AvgIpc) is 2.95. The number of aliphatic hydroxyl groups is 1. The second-order valence-electron chi connectivity index (χ2n) is 3.89. The predicted molar refractivity (Wildman–Crippen MR) is 75.2 cm³/mol. The van der Waals surface area contributed by atoms with Gasteiger partial charge in [-0.05, 0) is 28.4 Å². The van der Waals surface area contributed by atoms with E-state index in [-0.39, 0.29) is 0 Å². The Morgan fingerprint density at radius 3 is 2.94 bits per heavy atom. The highest BCUT2D eigenvalue weighted by Crippen LogP contribution is 2.34. The number of nitrogens with zero attached hydrogens (tertiary/aromatic N) is 2. The van der Waals surface area contributed by atoms with Crippen LogP contribution in [-0.2, 0) is 6.54 Å². The van der Waals surface area contributed by atoms with Gasteiger partial charge in [0.25, 0.3) is 0 Å². The monoisotopic (exact) mass is 330 g/mol. The van der Waals surface area contributed by atoms with Crippen molar-refractivity contribution >= 4 is 27.3 Å². The molecule has 0 amide bonds. The van der Waals surface area contributed by atoms with Gasteiger partial charge in [-0.25, -0.2) is 0 Å². The summed E-state index contributed by atoms with van der Waals surface area (Å²) < 4.78 is 8.05. The molecule has 98 valence electrons. The summed E-state index contributed by atoms with van der Waals surface area (Å²) in [7, 11) is 1.59. The lowest BCUT2D eigenvalue weighted by Crippen LogP contribution is -2.10. The Labute approximate surface area is 118 Å². The Hall–Kier alpha value is -0.850. The van der Waals surface area contributed by atoms with E-state index in [2.05, 4.69) is 28.0 Å². The van der Waals surface area contributed by atoms with E-state index in [4.69, 9.17) is 4.74 Å². The van der Waals surface area contributed by atoms with Crippen molar-refractivity contribution in [2.24, 2.45) is 0 Å². The number of ether oxygens (including phenoxy) is 1. The summed E-state index contributed by atoms with van der Waals surface area (Å²) in [5, 5.41) is 16.7. The molecule has 0 spiro atoms. The lowest BCUT2D eigenvalue weighted by atomic mass is 10.2. The van der Waals surface area contributed by atoms with Gasteiger partial charge in [0, 0.05) is 21.3 Å². The summed E-state index contributed by atoms with van der Waals surface area (Å²) >= 11 is 4.90. The molecule has 0 radical (unpaired) electrons.